The first-order valence-corrected chi connectivity index (χ1v) is 6.11. The molecule has 1 aromatic carbocycles. The zero-order valence-electron chi connectivity index (χ0n) is 10.4. The number of benzene rings is 1. The van der Waals surface area contributed by atoms with Crippen molar-refractivity contribution in [3.05, 3.63) is 29.6 Å². The van der Waals surface area contributed by atoms with Gasteiger partial charge in [-0.25, -0.2) is 9.18 Å². The molecular weight excluding hydrogens is 247 g/mol. The molecule has 1 fully saturated rings. The highest BCUT2D eigenvalue weighted by Crippen LogP contribution is 2.21. The molecule has 1 aliphatic heterocycles. The van der Waals surface area contributed by atoms with Gasteiger partial charge in [-0.3, -0.25) is 0 Å². The molecule has 6 heteroatoms. The number of piperidine rings is 1. The molecule has 0 aromatic heterocycles. The van der Waals surface area contributed by atoms with E-state index >= 15 is 0 Å². The number of hydrogen-bond donors (Lipinski definition) is 2. The first-order chi connectivity index (χ1) is 9.11. The van der Waals surface area contributed by atoms with Crippen molar-refractivity contribution in [3.8, 4) is 6.07 Å². The number of halogens is 1. The average molecular weight is 262 g/mol. The topological polar surface area (TPSA) is 82.2 Å². The minimum atomic E-state index is -0.526. The summed E-state index contributed by atoms with van der Waals surface area (Å²) < 4.78 is 13.4. The van der Waals surface area contributed by atoms with E-state index in [0.717, 1.165) is 12.8 Å². The monoisotopic (exact) mass is 262 g/mol. The lowest BCUT2D eigenvalue weighted by atomic mass is 10.0. The summed E-state index contributed by atoms with van der Waals surface area (Å²) in [5, 5.41) is 12.1. The molecule has 3 N–H and O–H groups in total. The summed E-state index contributed by atoms with van der Waals surface area (Å²) in [6.07, 6.45) is 1.45. The molecule has 1 saturated heterocycles. The van der Waals surface area contributed by atoms with Gasteiger partial charge in [0.25, 0.3) is 0 Å². The van der Waals surface area contributed by atoms with Crippen LogP contribution in [0.25, 0.3) is 0 Å². The predicted molar refractivity (Wildman–Crippen MR) is 68.9 cm³/mol. The number of nitriles is 1. The summed E-state index contributed by atoms with van der Waals surface area (Å²) in [5.41, 5.74) is 5.73. The number of nitrogens with zero attached hydrogens (tertiary/aromatic N) is 2. The van der Waals surface area contributed by atoms with Crippen molar-refractivity contribution >= 4 is 11.7 Å². The molecule has 0 atom stereocenters. The number of anilines is 1. The van der Waals surface area contributed by atoms with Crippen molar-refractivity contribution in [1.29, 1.82) is 5.26 Å². The minimum absolute atomic E-state index is 0.0276. The fraction of sp³-hybridized carbons (Fsp3) is 0.385. The van der Waals surface area contributed by atoms with E-state index in [1.807, 2.05) is 6.07 Å². The molecule has 2 rings (SSSR count). The van der Waals surface area contributed by atoms with Crippen LogP contribution in [-0.4, -0.2) is 30.1 Å². The molecule has 1 aliphatic rings. The third-order valence-electron chi connectivity index (χ3n) is 3.29. The number of carbonyl (C=O) groups is 1. The Hall–Kier alpha value is -2.29. The molecule has 5 nitrogen and oxygen atoms in total. The Balaban J connectivity index is 2.02. The van der Waals surface area contributed by atoms with Crippen LogP contribution in [-0.2, 0) is 0 Å². The van der Waals surface area contributed by atoms with Gasteiger partial charge in [0.15, 0.2) is 0 Å². The maximum Gasteiger partial charge on any atom is 0.314 e. The Morgan fingerprint density at radius 1 is 1.47 bits per heavy atom. The van der Waals surface area contributed by atoms with Crippen LogP contribution >= 0.6 is 0 Å². The Labute approximate surface area is 110 Å². The summed E-state index contributed by atoms with van der Waals surface area (Å²) in [4.78, 5) is 12.6. The van der Waals surface area contributed by atoms with Gasteiger partial charge in [0.2, 0.25) is 0 Å². The molecule has 0 saturated carbocycles. The van der Waals surface area contributed by atoms with Crippen LogP contribution < -0.4 is 11.1 Å². The number of nitrogens with one attached hydrogen (secondary N) is 1. The SMILES string of the molecule is N#Cc1c(F)cccc1NC1CCN(C(N)=O)CC1. The average Bonchev–Trinajstić information content (AvgIpc) is 2.39. The highest BCUT2D eigenvalue weighted by Gasteiger charge is 2.22. The van der Waals surface area contributed by atoms with E-state index in [-0.39, 0.29) is 11.6 Å². The zero-order chi connectivity index (χ0) is 13.8. The van der Waals surface area contributed by atoms with Crippen LogP contribution in [0.15, 0.2) is 18.2 Å². The molecule has 2 amide bonds. The molecule has 100 valence electrons. The number of likely N-dealkylation sites (tertiary alicyclic amines) is 1. The fourth-order valence-corrected chi connectivity index (χ4v) is 2.22. The molecule has 0 radical (unpaired) electrons. The van der Waals surface area contributed by atoms with Crippen LogP contribution in [0.1, 0.15) is 18.4 Å². The number of carbonyl (C=O) groups excluding carboxylic acids is 1. The minimum Gasteiger partial charge on any atom is -0.381 e. The van der Waals surface area contributed by atoms with E-state index in [4.69, 9.17) is 11.0 Å². The van der Waals surface area contributed by atoms with Crippen molar-refractivity contribution in [2.24, 2.45) is 5.73 Å². The van der Waals surface area contributed by atoms with E-state index in [2.05, 4.69) is 5.32 Å². The smallest absolute Gasteiger partial charge is 0.314 e. The highest BCUT2D eigenvalue weighted by molar-refractivity contribution is 5.72. The Morgan fingerprint density at radius 2 is 2.16 bits per heavy atom. The first kappa shape index (κ1) is 13.1. The van der Waals surface area contributed by atoms with E-state index in [1.54, 1.807) is 17.0 Å². The van der Waals surface area contributed by atoms with Gasteiger partial charge in [0, 0.05) is 19.1 Å². The van der Waals surface area contributed by atoms with E-state index in [1.165, 1.54) is 6.07 Å². The largest absolute Gasteiger partial charge is 0.381 e. The number of nitrogens with two attached hydrogens (primary N) is 1. The van der Waals surface area contributed by atoms with E-state index < -0.39 is 11.8 Å². The predicted octanol–water partition coefficient (Wildman–Crippen LogP) is 1.65. The molecule has 0 spiro atoms. The van der Waals surface area contributed by atoms with Gasteiger partial charge in [-0.1, -0.05) is 6.07 Å². The van der Waals surface area contributed by atoms with Crippen LogP contribution in [0.5, 0.6) is 0 Å². The second-order valence-electron chi connectivity index (χ2n) is 4.52. The molecular formula is C13H15FN4O. The molecule has 1 heterocycles. The number of urea groups is 1. The molecule has 0 unspecified atom stereocenters. The maximum atomic E-state index is 13.4. The van der Waals surface area contributed by atoms with Crippen molar-refractivity contribution < 1.29 is 9.18 Å². The summed E-state index contributed by atoms with van der Waals surface area (Å²) in [6.45, 7) is 1.15. The van der Waals surface area contributed by atoms with Gasteiger partial charge in [-0.05, 0) is 25.0 Å². The van der Waals surface area contributed by atoms with Crippen molar-refractivity contribution in [1.82, 2.24) is 4.90 Å². The Morgan fingerprint density at radius 3 is 2.74 bits per heavy atom. The summed E-state index contributed by atoms with van der Waals surface area (Å²) >= 11 is 0. The second kappa shape index (κ2) is 5.57. The molecule has 0 bridgehead atoms. The quantitative estimate of drug-likeness (QED) is 0.850. The number of rotatable bonds is 2. The van der Waals surface area contributed by atoms with Gasteiger partial charge < -0.3 is 16.0 Å². The van der Waals surface area contributed by atoms with E-state index in [0.29, 0.717) is 18.8 Å². The summed E-state index contributed by atoms with van der Waals surface area (Å²) in [7, 11) is 0. The van der Waals surface area contributed by atoms with Crippen LogP contribution in [0.2, 0.25) is 0 Å². The standard InChI is InChI=1S/C13H15FN4O/c14-11-2-1-3-12(10(11)8-15)17-9-4-6-18(7-5-9)13(16)19/h1-3,9,17H,4-7H2,(H2,16,19). The number of hydrogen-bond acceptors (Lipinski definition) is 3. The molecule has 1 aromatic rings. The first-order valence-electron chi connectivity index (χ1n) is 6.11. The highest BCUT2D eigenvalue weighted by atomic mass is 19.1. The fourth-order valence-electron chi connectivity index (χ4n) is 2.22. The summed E-state index contributed by atoms with van der Waals surface area (Å²) in [5.74, 6) is -0.526. The van der Waals surface area contributed by atoms with E-state index in [9.17, 15) is 9.18 Å². The van der Waals surface area contributed by atoms with Crippen LogP contribution in [0, 0.1) is 17.1 Å². The molecule has 0 aliphatic carbocycles. The van der Waals surface area contributed by atoms with Crippen molar-refractivity contribution in [2.45, 2.75) is 18.9 Å². The van der Waals surface area contributed by atoms with Crippen LogP contribution in [0.4, 0.5) is 14.9 Å². The van der Waals surface area contributed by atoms with Crippen molar-refractivity contribution in [3.63, 3.8) is 0 Å². The Kier molecular flexibility index (Phi) is 3.85. The van der Waals surface area contributed by atoms with Gasteiger partial charge in [0.05, 0.1) is 5.69 Å². The van der Waals surface area contributed by atoms with Gasteiger partial charge in [-0.15, -0.1) is 0 Å². The van der Waals surface area contributed by atoms with Gasteiger partial charge in [-0.2, -0.15) is 5.26 Å². The maximum absolute atomic E-state index is 13.4. The normalized spacial score (nSPS) is 15.9. The molecule has 19 heavy (non-hydrogen) atoms. The number of amides is 2. The third kappa shape index (κ3) is 2.94. The van der Waals surface area contributed by atoms with Gasteiger partial charge >= 0.3 is 6.03 Å². The van der Waals surface area contributed by atoms with Crippen LogP contribution in [0.3, 0.4) is 0 Å². The summed E-state index contributed by atoms with van der Waals surface area (Å²) in [6, 6.07) is 6.07. The number of primary amides is 1. The van der Waals surface area contributed by atoms with Gasteiger partial charge in [0.1, 0.15) is 17.4 Å². The second-order valence-corrected chi connectivity index (χ2v) is 4.52. The zero-order valence-corrected chi connectivity index (χ0v) is 10.4. The lowest BCUT2D eigenvalue weighted by Gasteiger charge is -2.31. The van der Waals surface area contributed by atoms with Crippen molar-refractivity contribution in [2.75, 3.05) is 18.4 Å². The Bertz CT molecular complexity index is 518. The lowest BCUT2D eigenvalue weighted by molar-refractivity contribution is 0.193. The third-order valence-corrected chi connectivity index (χ3v) is 3.29. The lowest BCUT2D eigenvalue weighted by Crippen LogP contribution is -2.44.